The van der Waals surface area contributed by atoms with Crippen LogP contribution in [0.2, 0.25) is 0 Å². The van der Waals surface area contributed by atoms with Crippen molar-refractivity contribution in [2.45, 2.75) is 169 Å². The van der Waals surface area contributed by atoms with E-state index in [0.717, 1.165) is 12.8 Å². The van der Waals surface area contributed by atoms with E-state index in [1.165, 1.54) is 45.4 Å². The Bertz CT molecular complexity index is 4060. The number of rotatable bonds is 21. The summed E-state index contributed by atoms with van der Waals surface area (Å²) in [5.41, 5.74) is 38.2. The number of aromatic nitrogens is 8. The van der Waals surface area contributed by atoms with Crippen LogP contribution in [0.15, 0.2) is 116 Å². The van der Waals surface area contributed by atoms with Crippen molar-refractivity contribution >= 4 is 74.9 Å². The quantitative estimate of drug-likeness (QED) is 0.0323. The van der Waals surface area contributed by atoms with Crippen molar-refractivity contribution in [3.63, 3.8) is 0 Å². The van der Waals surface area contributed by atoms with Gasteiger partial charge in [-0.05, 0) is 49.1 Å². The Morgan fingerprint density at radius 3 is 1.44 bits per heavy atom. The summed E-state index contributed by atoms with van der Waals surface area (Å²) in [5.74, 6) is -0.944. The van der Waals surface area contributed by atoms with E-state index < -0.39 is 140 Å². The maximum atomic E-state index is 12.5. The number of anilines is 3. The molecule has 11 heterocycles. The van der Waals surface area contributed by atoms with E-state index in [4.69, 9.17) is 53.3 Å². The number of nitrogens with one attached hydrogen (secondary N) is 6. The first-order chi connectivity index (χ1) is 49.7. The number of hydrogen-bond donors (Lipinski definition) is 20. The van der Waals surface area contributed by atoms with Crippen LogP contribution in [0, 0.1) is 5.92 Å². The Morgan fingerprint density at radius 1 is 0.577 bits per heavy atom. The maximum absolute atomic E-state index is 12.5. The van der Waals surface area contributed by atoms with Crippen molar-refractivity contribution in [2.75, 3.05) is 43.2 Å². The van der Waals surface area contributed by atoms with Crippen molar-refractivity contribution in [2.24, 2.45) is 33.8 Å². The minimum Gasteiger partial charge on any atom is -0.397 e. The van der Waals surface area contributed by atoms with E-state index in [2.05, 4.69) is 75.0 Å². The van der Waals surface area contributed by atoms with Crippen LogP contribution in [0.25, 0.3) is 22.3 Å². The molecule has 39 heteroatoms. The monoisotopic (exact) mass is 1450 g/mol. The molecule has 0 bridgehead atoms. The number of nitrogens with two attached hydrogens (primary N) is 6. The second-order valence-electron chi connectivity index (χ2n) is 25.5. The van der Waals surface area contributed by atoms with Gasteiger partial charge in [0.15, 0.2) is 41.9 Å². The third kappa shape index (κ3) is 17.1. The molecule has 5 aromatic heterocycles. The molecule has 12 rings (SSSR count). The Hall–Kier alpha value is -9.69. The molecule has 564 valence electrons. The Balaban J connectivity index is 0.000000161. The zero-order valence-corrected chi connectivity index (χ0v) is 57.4. The first-order valence-electron chi connectivity index (χ1n) is 33.5. The molecule has 104 heavy (non-hydrogen) atoms. The van der Waals surface area contributed by atoms with Gasteiger partial charge >= 0.3 is 0 Å². The lowest BCUT2D eigenvalue weighted by Crippen LogP contribution is -2.54. The number of ether oxygens (including phenoxy) is 4. The summed E-state index contributed by atoms with van der Waals surface area (Å²) < 4.78 is 27.5. The number of imidazole rings is 3. The largest absolute Gasteiger partial charge is 0.397 e. The second-order valence-corrected chi connectivity index (χ2v) is 25.5. The van der Waals surface area contributed by atoms with Gasteiger partial charge in [0.05, 0.1) is 99.1 Å². The van der Waals surface area contributed by atoms with Crippen molar-refractivity contribution in [1.82, 2.24) is 70.1 Å². The Kier molecular flexibility index (Phi) is 26.2. The molecular formula is C65H92N22O17. The van der Waals surface area contributed by atoms with Gasteiger partial charge in [0.2, 0.25) is 17.7 Å². The van der Waals surface area contributed by atoms with Gasteiger partial charge in [-0.3, -0.25) is 37.7 Å². The first-order valence-corrected chi connectivity index (χ1v) is 33.5. The fourth-order valence-corrected chi connectivity index (χ4v) is 12.3. The predicted molar refractivity (Wildman–Crippen MR) is 373 cm³/mol. The summed E-state index contributed by atoms with van der Waals surface area (Å²) in [4.78, 5) is 87.5. The number of pyridine rings is 2. The van der Waals surface area contributed by atoms with Gasteiger partial charge in [-0.2, -0.15) is 0 Å². The molecule has 0 saturated carbocycles. The summed E-state index contributed by atoms with van der Waals surface area (Å²) in [5, 5.41) is 97.3. The van der Waals surface area contributed by atoms with Crippen LogP contribution in [-0.2, 0) is 33.3 Å². The van der Waals surface area contributed by atoms with Gasteiger partial charge in [-0.15, -0.1) is 0 Å². The lowest BCUT2D eigenvalue weighted by Gasteiger charge is -2.30. The minimum atomic E-state index is -1.20. The van der Waals surface area contributed by atoms with Gasteiger partial charge in [0.1, 0.15) is 83.2 Å². The van der Waals surface area contributed by atoms with Gasteiger partial charge in [0.25, 0.3) is 11.8 Å². The SMILES string of the molecule is C=C1N=C(N)C=CN1[C@@H]1O[C@H](CO)C(NC(=O)C(N)CCC)[C@@H]1O.C=C1NC(=O)c2ncn([C@@H]3O[C@H](CO)C(NC(=O)C(N)CCC)[C@@H]3O)c2N1.CC(C)C(N)C(=O)NC1[C@@H](CO)O[C@@H](n2cnc3c(N)ccnc32)[C@H]1O.Nc1ccnc2c1ncn2[C@@H]1O[C@H](CO)C(NC(=O)c2ccccc2)[C@@H]1O. The smallest absolute Gasteiger partial charge is 0.279 e. The third-order valence-corrected chi connectivity index (χ3v) is 18.0. The lowest BCUT2D eigenvalue weighted by atomic mass is 10.0. The maximum Gasteiger partial charge on any atom is 0.279 e. The van der Waals surface area contributed by atoms with Gasteiger partial charge in [-0.25, -0.2) is 29.9 Å². The van der Waals surface area contributed by atoms with E-state index in [0.29, 0.717) is 63.7 Å². The molecule has 5 amide bonds. The number of hydrogen-bond acceptors (Lipinski definition) is 31. The number of benzene rings is 1. The molecule has 0 aliphatic carbocycles. The van der Waals surface area contributed by atoms with Crippen LogP contribution < -0.4 is 66.3 Å². The van der Waals surface area contributed by atoms with E-state index in [1.54, 1.807) is 59.3 Å². The Labute approximate surface area is 595 Å². The van der Waals surface area contributed by atoms with Gasteiger partial charge in [0, 0.05) is 24.2 Å². The summed E-state index contributed by atoms with van der Waals surface area (Å²) in [6.07, 6.45) is 1.68. The number of amidine groups is 1. The van der Waals surface area contributed by atoms with E-state index >= 15 is 0 Å². The highest BCUT2D eigenvalue weighted by atomic mass is 16.6. The number of carbonyl (C=O) groups excluding carboxylic acids is 5. The summed E-state index contributed by atoms with van der Waals surface area (Å²) >= 11 is 0. The summed E-state index contributed by atoms with van der Waals surface area (Å²) in [6, 6.07) is 6.50. The summed E-state index contributed by atoms with van der Waals surface area (Å²) in [7, 11) is 0. The van der Waals surface area contributed by atoms with Crippen LogP contribution in [-0.4, -0.2) is 244 Å². The first kappa shape index (κ1) is 78.4. The molecule has 4 fully saturated rings. The van der Waals surface area contributed by atoms with E-state index in [1.807, 2.05) is 27.7 Å². The van der Waals surface area contributed by atoms with Crippen molar-refractivity contribution < 1.29 is 83.8 Å². The minimum absolute atomic E-state index is 0.0670. The second kappa shape index (κ2) is 34.7. The molecule has 1 aromatic carbocycles. The normalized spacial score (nSPS) is 27.8. The molecule has 39 nitrogen and oxygen atoms in total. The van der Waals surface area contributed by atoms with Crippen LogP contribution in [0.3, 0.4) is 0 Å². The fraction of sp³-hybridized carbons (Fsp3) is 0.492. The molecule has 19 atom stereocenters. The number of nitrogens with zero attached hydrogens (tertiary/aromatic N) is 10. The molecule has 26 N–H and O–H groups in total. The highest BCUT2D eigenvalue weighted by Gasteiger charge is 2.51. The number of aliphatic hydroxyl groups excluding tert-OH is 8. The molecule has 6 aliphatic heterocycles. The zero-order valence-electron chi connectivity index (χ0n) is 57.4. The topological polar surface area (TPSA) is 607 Å². The number of fused-ring (bicyclic) bond motifs is 3. The highest BCUT2D eigenvalue weighted by molar-refractivity contribution is 6.00. The molecule has 0 spiro atoms. The van der Waals surface area contributed by atoms with Crippen LogP contribution in [0.4, 0.5) is 17.2 Å². The van der Waals surface area contributed by atoms with Gasteiger partial charge < -0.3 is 131 Å². The zero-order chi connectivity index (χ0) is 75.5. The molecular weight excluding hydrogens is 1360 g/mol. The van der Waals surface area contributed by atoms with Crippen molar-refractivity contribution in [1.29, 1.82) is 0 Å². The van der Waals surface area contributed by atoms with Crippen molar-refractivity contribution in [3.05, 3.63) is 122 Å². The predicted octanol–water partition coefficient (Wildman–Crippen LogP) is -4.50. The Morgan fingerprint density at radius 2 is 1.00 bits per heavy atom. The average molecular weight is 1450 g/mol. The van der Waals surface area contributed by atoms with Gasteiger partial charge in [-0.1, -0.05) is 71.9 Å². The van der Waals surface area contributed by atoms with Crippen LogP contribution in [0.5, 0.6) is 0 Å². The van der Waals surface area contributed by atoms with Crippen LogP contribution >= 0.6 is 0 Å². The molecule has 4 saturated heterocycles. The molecule has 0 radical (unpaired) electrons. The third-order valence-electron chi connectivity index (χ3n) is 18.0. The molecule has 7 unspecified atom stereocenters. The highest BCUT2D eigenvalue weighted by Crippen LogP contribution is 2.37. The number of aliphatic imine (C=N–C) groups is 1. The van der Waals surface area contributed by atoms with E-state index in [9.17, 15) is 64.8 Å². The summed E-state index contributed by atoms with van der Waals surface area (Å²) in [6.45, 7) is 13.4. The number of carbonyl (C=O) groups is 5. The fourth-order valence-electron chi connectivity index (χ4n) is 12.3. The number of nitrogen functional groups attached to an aromatic ring is 2. The molecule has 6 aromatic rings. The van der Waals surface area contributed by atoms with Crippen LogP contribution in [0.1, 0.15) is 92.9 Å². The molecule has 6 aliphatic rings. The number of amides is 5. The number of aliphatic hydroxyl groups is 8. The standard InChI is InChI=1S/C18H19N5O4.C16H24N6O5.C16H24N6O4.C15H25N5O4/c19-11-6-7-20-16-13(11)21-9-23(16)18-15(25)14(12(8-24)27-18)22-17(26)10-4-2-1-3-5-10;1-3-4-8(17)14(25)21-10-9(5-23)27-16(12(10)24)22-6-18-11-13(22)19-7(2)20-15(11)26;1-7(2)10(18)15(25)21-12-9(5-23)26-16(13(12)24)22-6-20-11-8(17)3-4-19-14(11)22;1-3-4-9(16)14(23)19-12-10(7-21)24-15(13(12)22)20-6-5-11(17)18-8(20)2/h1-7,9,12,14-15,18,24-25H,8H2,(H2,19,20)(H,22,26);6,8-10,12,16,19,23-24H,2-5,17H2,1H3,(H,20,26)(H,21,25);3-4,6-7,9-10,12-13,16,23-24H,5,18H2,1-2H3,(H2,17,19)(H,21,25);5-6,9-10,12-13,15,21-22H,2-4,7,16H2,1H3,(H2,17,18)(H,19,23)/t12-,14?,15+,18-;8?,9-,10?,12+,16-;9-,10?,12?,13+,16-;9?,10-,12?,13+,15-/m1111/s1. The lowest BCUT2D eigenvalue weighted by molar-refractivity contribution is -0.125. The van der Waals surface area contributed by atoms with Crippen molar-refractivity contribution in [3.8, 4) is 0 Å². The average Bonchev–Trinajstić information content (AvgIpc) is 1.64. The van der Waals surface area contributed by atoms with E-state index in [-0.39, 0.29) is 54.9 Å².